The average Bonchev–Trinajstić information content (AvgIpc) is 3.07. The zero-order valence-electron chi connectivity index (χ0n) is 25.1. The van der Waals surface area contributed by atoms with Crippen LogP contribution in [-0.4, -0.2) is 37.4 Å². The van der Waals surface area contributed by atoms with Crippen LogP contribution in [0.5, 0.6) is 5.75 Å². The first kappa shape index (κ1) is 32.9. The summed E-state index contributed by atoms with van der Waals surface area (Å²) in [6.07, 6.45) is -0.0614. The van der Waals surface area contributed by atoms with E-state index in [9.17, 15) is 18.3 Å². The fraction of sp³-hybridized carbons (Fsp3) is 0.162. The number of aliphatic hydroxyl groups is 1. The van der Waals surface area contributed by atoms with E-state index in [0.717, 1.165) is 22.3 Å². The first-order chi connectivity index (χ1) is 22.2. The number of sulfone groups is 1. The lowest BCUT2D eigenvalue weighted by Crippen LogP contribution is -2.30. The van der Waals surface area contributed by atoms with Crippen LogP contribution in [0.15, 0.2) is 137 Å². The molecule has 0 aliphatic heterocycles. The first-order valence-corrected chi connectivity index (χ1v) is 16.7. The number of hydrogen-bond donors (Lipinski definition) is 2. The van der Waals surface area contributed by atoms with Crippen LogP contribution in [0.2, 0.25) is 5.02 Å². The maximum absolute atomic E-state index is 13.5. The van der Waals surface area contributed by atoms with Crippen molar-refractivity contribution in [3.8, 4) is 5.75 Å². The molecular weight excluding hydrogens is 620 g/mol. The summed E-state index contributed by atoms with van der Waals surface area (Å²) in [6.45, 7) is 1.90. The monoisotopic (exact) mass is 654 g/mol. The van der Waals surface area contributed by atoms with Crippen molar-refractivity contribution in [1.29, 1.82) is 0 Å². The summed E-state index contributed by atoms with van der Waals surface area (Å²) in [6, 6.07) is 37.5. The number of hydrogen-bond acceptors (Lipinski definition) is 6. The predicted molar refractivity (Wildman–Crippen MR) is 179 cm³/mol. The Morgan fingerprint density at radius 2 is 1.39 bits per heavy atom. The minimum absolute atomic E-state index is 0.00655. The smallest absolute Gasteiger partial charge is 0.252 e. The molecule has 0 saturated heterocycles. The molecule has 5 rings (SSSR count). The van der Waals surface area contributed by atoms with Crippen LogP contribution in [-0.2, 0) is 29.4 Å². The number of nitrogens with two attached hydrogens (primary N) is 1. The number of amides is 1. The zero-order chi connectivity index (χ0) is 32.5. The number of benzene rings is 5. The van der Waals surface area contributed by atoms with Gasteiger partial charge in [-0.05, 0) is 71.1 Å². The van der Waals surface area contributed by atoms with Crippen LogP contribution in [0.1, 0.15) is 38.7 Å². The summed E-state index contributed by atoms with van der Waals surface area (Å²) in [7, 11) is -3.93. The highest BCUT2D eigenvalue weighted by molar-refractivity contribution is 7.91. The first-order valence-electron chi connectivity index (χ1n) is 14.8. The van der Waals surface area contributed by atoms with Gasteiger partial charge in [0.25, 0.3) is 5.91 Å². The third kappa shape index (κ3) is 8.62. The SMILES string of the molecule is NC(=O)c1cc(S(=O)(=O)c2ccc(CCN(Cc3ccccc3)C[C@H](O)c3ccc(Cl)cc3)cc2)ccc1OCc1ccccc1. The third-order valence-electron chi connectivity index (χ3n) is 7.65. The van der Waals surface area contributed by atoms with E-state index >= 15 is 0 Å². The summed E-state index contributed by atoms with van der Waals surface area (Å²) >= 11 is 6.02. The van der Waals surface area contributed by atoms with E-state index < -0.39 is 21.8 Å². The van der Waals surface area contributed by atoms with Crippen molar-refractivity contribution in [1.82, 2.24) is 4.90 Å². The van der Waals surface area contributed by atoms with E-state index in [-0.39, 0.29) is 27.7 Å². The second kappa shape index (κ2) is 15.2. The molecule has 3 N–H and O–H groups in total. The largest absolute Gasteiger partial charge is 0.488 e. The standard InChI is InChI=1S/C37H35ClN2O5S/c38-31-15-13-30(14-16-31)35(41)25-40(24-28-7-3-1-4-8-28)22-21-27-11-17-32(18-12-27)46(43,44)33-19-20-36(34(23-33)37(39)42)45-26-29-9-5-2-6-10-29/h1-20,23,35,41H,21-22,24-26H2,(H2,39,42)/t35-/m0/s1. The van der Waals surface area contributed by atoms with Gasteiger partial charge in [-0.2, -0.15) is 0 Å². The van der Waals surface area contributed by atoms with Gasteiger partial charge >= 0.3 is 0 Å². The number of halogens is 1. The molecule has 236 valence electrons. The Bertz CT molecular complexity index is 1850. The normalized spacial score (nSPS) is 12.2. The molecule has 5 aromatic rings. The molecule has 9 heteroatoms. The number of nitrogens with zero attached hydrogens (tertiary/aromatic N) is 1. The van der Waals surface area contributed by atoms with Crippen molar-refractivity contribution in [3.05, 3.63) is 160 Å². The molecule has 7 nitrogen and oxygen atoms in total. The molecule has 0 heterocycles. The molecule has 1 atom stereocenters. The van der Waals surface area contributed by atoms with Gasteiger partial charge in [-0.3, -0.25) is 9.69 Å². The molecular formula is C37H35ClN2O5S. The molecule has 0 aliphatic rings. The predicted octanol–water partition coefficient (Wildman–Crippen LogP) is 6.63. The van der Waals surface area contributed by atoms with Gasteiger partial charge in [0.2, 0.25) is 9.84 Å². The van der Waals surface area contributed by atoms with Gasteiger partial charge in [-0.25, -0.2) is 8.42 Å². The Balaban J connectivity index is 1.28. The fourth-order valence-corrected chi connectivity index (χ4v) is 6.51. The van der Waals surface area contributed by atoms with Crippen molar-refractivity contribution in [2.75, 3.05) is 13.1 Å². The third-order valence-corrected chi connectivity index (χ3v) is 9.67. The molecule has 0 spiro atoms. The molecule has 0 bridgehead atoms. The zero-order valence-corrected chi connectivity index (χ0v) is 26.7. The Morgan fingerprint density at radius 1 is 0.783 bits per heavy atom. The minimum Gasteiger partial charge on any atom is -0.488 e. The van der Waals surface area contributed by atoms with Gasteiger partial charge in [0.05, 0.1) is 21.5 Å². The van der Waals surface area contributed by atoms with Crippen molar-refractivity contribution in [3.63, 3.8) is 0 Å². The van der Waals surface area contributed by atoms with Crippen LogP contribution < -0.4 is 10.5 Å². The quantitative estimate of drug-likeness (QED) is 0.139. The van der Waals surface area contributed by atoms with Gasteiger partial charge < -0.3 is 15.6 Å². The van der Waals surface area contributed by atoms with Crippen molar-refractivity contribution in [2.45, 2.75) is 35.5 Å². The van der Waals surface area contributed by atoms with Gasteiger partial charge in [0, 0.05) is 24.7 Å². The molecule has 0 aliphatic carbocycles. The van der Waals surface area contributed by atoms with E-state index in [1.165, 1.54) is 18.2 Å². The van der Waals surface area contributed by atoms with E-state index in [1.54, 1.807) is 36.4 Å². The summed E-state index contributed by atoms with van der Waals surface area (Å²) in [5.74, 6) is -0.566. The Labute approximate surface area is 274 Å². The molecule has 0 unspecified atom stereocenters. The van der Waals surface area contributed by atoms with Crippen LogP contribution in [0.25, 0.3) is 0 Å². The van der Waals surface area contributed by atoms with Crippen LogP contribution in [0.4, 0.5) is 0 Å². The molecule has 5 aromatic carbocycles. The maximum atomic E-state index is 13.5. The second-order valence-corrected chi connectivity index (χ2v) is 13.4. The topological polar surface area (TPSA) is 110 Å². The van der Waals surface area contributed by atoms with Gasteiger partial charge in [-0.15, -0.1) is 0 Å². The lowest BCUT2D eigenvalue weighted by Gasteiger charge is -2.25. The lowest BCUT2D eigenvalue weighted by molar-refractivity contribution is 0.0995. The highest BCUT2D eigenvalue weighted by Crippen LogP contribution is 2.28. The number of aliphatic hydroxyl groups excluding tert-OH is 1. The second-order valence-electron chi connectivity index (χ2n) is 11.0. The summed E-state index contributed by atoms with van der Waals surface area (Å²) in [5, 5.41) is 11.6. The lowest BCUT2D eigenvalue weighted by atomic mass is 10.1. The molecule has 0 aromatic heterocycles. The number of ether oxygens (including phenoxy) is 1. The van der Waals surface area contributed by atoms with Gasteiger partial charge in [0.1, 0.15) is 12.4 Å². The fourth-order valence-electron chi connectivity index (χ4n) is 5.10. The summed E-state index contributed by atoms with van der Waals surface area (Å²) in [4.78, 5) is 14.4. The number of carbonyl (C=O) groups excluding carboxylic acids is 1. The highest BCUT2D eigenvalue weighted by atomic mass is 35.5. The maximum Gasteiger partial charge on any atom is 0.252 e. The minimum atomic E-state index is -3.93. The highest BCUT2D eigenvalue weighted by Gasteiger charge is 2.22. The number of primary amides is 1. The van der Waals surface area contributed by atoms with Crippen molar-refractivity contribution < 1.29 is 23.1 Å². The summed E-state index contributed by atoms with van der Waals surface area (Å²) < 4.78 is 32.8. The average molecular weight is 655 g/mol. The van der Waals surface area contributed by atoms with Gasteiger partial charge in [-0.1, -0.05) is 96.5 Å². The van der Waals surface area contributed by atoms with E-state index in [4.69, 9.17) is 22.1 Å². The Kier molecular flexibility index (Phi) is 10.9. The van der Waals surface area contributed by atoms with E-state index in [2.05, 4.69) is 4.90 Å². The van der Waals surface area contributed by atoms with Crippen LogP contribution >= 0.6 is 11.6 Å². The summed E-state index contributed by atoms with van der Waals surface area (Å²) in [5.41, 5.74) is 9.34. The van der Waals surface area contributed by atoms with Crippen LogP contribution in [0, 0.1) is 0 Å². The molecule has 0 radical (unpaired) electrons. The molecule has 1 amide bonds. The molecule has 46 heavy (non-hydrogen) atoms. The van der Waals surface area contributed by atoms with Gasteiger partial charge in [0.15, 0.2) is 0 Å². The Morgan fingerprint density at radius 3 is 2.02 bits per heavy atom. The van der Waals surface area contributed by atoms with E-state index in [1.807, 2.05) is 72.8 Å². The Hall–Kier alpha value is -4.47. The number of rotatable bonds is 14. The molecule has 0 saturated carbocycles. The number of carbonyl (C=O) groups is 1. The van der Waals surface area contributed by atoms with E-state index in [0.29, 0.717) is 31.1 Å². The molecule has 0 fully saturated rings. The van der Waals surface area contributed by atoms with Crippen molar-refractivity contribution in [2.24, 2.45) is 5.73 Å². The van der Waals surface area contributed by atoms with Crippen molar-refractivity contribution >= 4 is 27.3 Å². The van der Waals surface area contributed by atoms with Crippen LogP contribution in [0.3, 0.4) is 0 Å².